The van der Waals surface area contributed by atoms with Gasteiger partial charge in [-0.25, -0.2) is 4.99 Å². The van der Waals surface area contributed by atoms with Gasteiger partial charge < -0.3 is 10.2 Å². The van der Waals surface area contributed by atoms with Gasteiger partial charge in [-0.05, 0) is 37.8 Å². The van der Waals surface area contributed by atoms with Crippen LogP contribution in [0.5, 0.6) is 0 Å². The normalized spacial score (nSPS) is 16.3. The molecule has 0 spiro atoms. The van der Waals surface area contributed by atoms with Crippen LogP contribution in [0.25, 0.3) is 5.70 Å². The van der Waals surface area contributed by atoms with Crippen LogP contribution in [0.2, 0.25) is 0 Å². The number of nitrogens with one attached hydrogen (secondary N) is 1. The first kappa shape index (κ1) is 24.2. The third kappa shape index (κ3) is 7.66. The van der Waals surface area contributed by atoms with Gasteiger partial charge in [-0.3, -0.25) is 0 Å². The number of hydrogen-bond acceptors (Lipinski definition) is 3. The number of aliphatic imine (C=N–C) groups is 1. The molecule has 0 saturated carbocycles. The minimum absolute atomic E-state index is 0.370. The van der Waals surface area contributed by atoms with Crippen molar-refractivity contribution in [1.29, 1.82) is 0 Å². The molecule has 0 radical (unpaired) electrons. The van der Waals surface area contributed by atoms with Gasteiger partial charge >= 0.3 is 0 Å². The van der Waals surface area contributed by atoms with E-state index in [1.54, 1.807) is 0 Å². The lowest BCUT2D eigenvalue weighted by Crippen LogP contribution is -2.43. The minimum atomic E-state index is 0.370. The van der Waals surface area contributed by atoms with Crippen molar-refractivity contribution in [2.24, 2.45) is 4.99 Å². The Morgan fingerprint density at radius 2 is 1.70 bits per heavy atom. The van der Waals surface area contributed by atoms with Crippen molar-refractivity contribution in [2.75, 3.05) is 13.1 Å². The molecule has 0 amide bonds. The van der Waals surface area contributed by atoms with Crippen LogP contribution in [0, 0.1) is 6.92 Å². The number of benzene rings is 1. The van der Waals surface area contributed by atoms with Crippen molar-refractivity contribution in [1.82, 2.24) is 10.2 Å². The third-order valence-electron chi connectivity index (χ3n) is 5.87. The van der Waals surface area contributed by atoms with Gasteiger partial charge in [0, 0.05) is 18.7 Å². The van der Waals surface area contributed by atoms with Crippen LogP contribution in [-0.2, 0) is 0 Å². The van der Waals surface area contributed by atoms with Gasteiger partial charge in [0.25, 0.3) is 0 Å². The predicted molar refractivity (Wildman–Crippen MR) is 133 cm³/mol. The Morgan fingerprint density at radius 3 is 2.37 bits per heavy atom. The van der Waals surface area contributed by atoms with Crippen molar-refractivity contribution < 1.29 is 0 Å². The maximum Gasteiger partial charge on any atom is 0.106 e. The molecule has 1 aromatic rings. The zero-order valence-corrected chi connectivity index (χ0v) is 19.8. The molecule has 0 aliphatic carbocycles. The summed E-state index contributed by atoms with van der Waals surface area (Å²) in [4.78, 5) is 7.62. The SMILES string of the molecule is C=C(CN1C(CCCCC)=NC(c2ccc(C)cc2)=CC1CC)NCCCCCC. The van der Waals surface area contributed by atoms with Gasteiger partial charge in [0.15, 0.2) is 0 Å². The summed E-state index contributed by atoms with van der Waals surface area (Å²) in [5, 5.41) is 3.56. The van der Waals surface area contributed by atoms with Crippen LogP contribution >= 0.6 is 0 Å². The number of rotatable bonds is 14. The predicted octanol–water partition coefficient (Wildman–Crippen LogP) is 7.09. The highest BCUT2D eigenvalue weighted by molar-refractivity contribution is 5.91. The molecule has 1 aromatic carbocycles. The van der Waals surface area contributed by atoms with Crippen molar-refractivity contribution >= 4 is 11.5 Å². The van der Waals surface area contributed by atoms with Gasteiger partial charge in [-0.1, -0.05) is 89.3 Å². The Labute approximate surface area is 185 Å². The van der Waals surface area contributed by atoms with E-state index in [0.29, 0.717) is 6.04 Å². The van der Waals surface area contributed by atoms with Crippen LogP contribution < -0.4 is 5.32 Å². The lowest BCUT2D eigenvalue weighted by atomic mass is 10.0. The van der Waals surface area contributed by atoms with Crippen molar-refractivity contribution in [2.45, 2.75) is 91.5 Å². The molecule has 1 unspecified atom stereocenters. The second-order valence-electron chi connectivity index (χ2n) is 8.60. The van der Waals surface area contributed by atoms with E-state index in [1.807, 2.05) is 0 Å². The third-order valence-corrected chi connectivity index (χ3v) is 5.87. The topological polar surface area (TPSA) is 27.6 Å². The number of unbranched alkanes of at least 4 members (excludes halogenated alkanes) is 5. The zero-order valence-electron chi connectivity index (χ0n) is 19.8. The minimum Gasteiger partial charge on any atom is -0.387 e. The Morgan fingerprint density at radius 1 is 1.00 bits per heavy atom. The molecule has 1 aliphatic rings. The monoisotopic (exact) mass is 409 g/mol. The lowest BCUT2D eigenvalue weighted by molar-refractivity contribution is 0.355. The molecule has 0 saturated heterocycles. The highest BCUT2D eigenvalue weighted by Crippen LogP contribution is 2.27. The van der Waals surface area contributed by atoms with E-state index >= 15 is 0 Å². The van der Waals surface area contributed by atoms with E-state index in [-0.39, 0.29) is 0 Å². The number of amidine groups is 1. The summed E-state index contributed by atoms with van der Waals surface area (Å²) in [6.07, 6.45) is 13.3. The first-order chi connectivity index (χ1) is 14.6. The maximum atomic E-state index is 5.14. The van der Waals surface area contributed by atoms with E-state index < -0.39 is 0 Å². The van der Waals surface area contributed by atoms with Gasteiger partial charge in [0.05, 0.1) is 18.3 Å². The molecule has 1 atom stereocenters. The molecule has 166 valence electrons. The largest absolute Gasteiger partial charge is 0.387 e. The highest BCUT2D eigenvalue weighted by atomic mass is 15.2. The van der Waals surface area contributed by atoms with E-state index in [4.69, 9.17) is 4.99 Å². The molecule has 3 heteroatoms. The summed E-state index contributed by atoms with van der Waals surface area (Å²) in [6, 6.07) is 9.13. The van der Waals surface area contributed by atoms with Crippen LogP contribution in [0.1, 0.15) is 89.7 Å². The Kier molecular flexibility index (Phi) is 10.8. The van der Waals surface area contributed by atoms with E-state index in [2.05, 4.69) is 74.8 Å². The smallest absolute Gasteiger partial charge is 0.106 e. The Bertz CT molecular complexity index is 699. The molecule has 30 heavy (non-hydrogen) atoms. The second kappa shape index (κ2) is 13.3. The summed E-state index contributed by atoms with van der Waals surface area (Å²) in [6.45, 7) is 15.1. The highest BCUT2D eigenvalue weighted by Gasteiger charge is 2.24. The van der Waals surface area contributed by atoms with Gasteiger partial charge in [-0.15, -0.1) is 0 Å². The molecule has 1 aliphatic heterocycles. The van der Waals surface area contributed by atoms with E-state index in [0.717, 1.165) is 37.3 Å². The Hall–Kier alpha value is -2.03. The molecule has 2 rings (SSSR count). The molecule has 1 heterocycles. The molecule has 0 bridgehead atoms. The van der Waals surface area contributed by atoms with Gasteiger partial charge in [0.2, 0.25) is 0 Å². The summed E-state index contributed by atoms with van der Waals surface area (Å²) < 4.78 is 0. The average molecular weight is 410 g/mol. The molecule has 3 nitrogen and oxygen atoms in total. The number of hydrogen-bond donors (Lipinski definition) is 1. The summed E-state index contributed by atoms with van der Waals surface area (Å²) in [5.74, 6) is 1.22. The second-order valence-corrected chi connectivity index (χ2v) is 8.60. The van der Waals surface area contributed by atoms with Crippen LogP contribution in [0.15, 0.2) is 47.6 Å². The van der Waals surface area contributed by atoms with Crippen LogP contribution in [0.3, 0.4) is 0 Å². The quantitative estimate of drug-likeness (QED) is 0.332. The van der Waals surface area contributed by atoms with Crippen LogP contribution in [-0.4, -0.2) is 29.9 Å². The maximum absolute atomic E-state index is 5.14. The summed E-state index contributed by atoms with van der Waals surface area (Å²) >= 11 is 0. The molecular formula is C27H43N3. The standard InChI is InChI=1S/C27H43N3/c1-6-9-11-13-19-28-23(5)21-30-25(8-3)20-26(24-17-15-22(4)16-18-24)29-27(30)14-12-10-7-2/h15-18,20,25,28H,5-14,19,21H2,1-4H3. The van der Waals surface area contributed by atoms with Crippen molar-refractivity contribution in [3.05, 3.63) is 53.7 Å². The van der Waals surface area contributed by atoms with E-state index in [9.17, 15) is 0 Å². The van der Waals surface area contributed by atoms with Gasteiger partial charge in [-0.2, -0.15) is 0 Å². The molecule has 0 aromatic heterocycles. The Balaban J connectivity index is 2.11. The fraction of sp³-hybridized carbons (Fsp3) is 0.593. The average Bonchev–Trinajstić information content (AvgIpc) is 2.75. The molecule has 0 fully saturated rings. The molecule has 1 N–H and O–H groups in total. The summed E-state index contributed by atoms with van der Waals surface area (Å²) in [7, 11) is 0. The first-order valence-corrected chi connectivity index (χ1v) is 12.1. The fourth-order valence-electron chi connectivity index (χ4n) is 3.95. The van der Waals surface area contributed by atoms with Gasteiger partial charge in [0.1, 0.15) is 5.84 Å². The van der Waals surface area contributed by atoms with E-state index in [1.165, 1.54) is 61.9 Å². The zero-order chi connectivity index (χ0) is 21.8. The lowest BCUT2D eigenvalue weighted by Gasteiger charge is -2.36. The van der Waals surface area contributed by atoms with Crippen LogP contribution in [0.4, 0.5) is 0 Å². The number of nitrogens with zero attached hydrogens (tertiary/aromatic N) is 2. The molecular weight excluding hydrogens is 366 g/mol. The first-order valence-electron chi connectivity index (χ1n) is 12.1. The van der Waals surface area contributed by atoms with Crippen molar-refractivity contribution in [3.8, 4) is 0 Å². The fourth-order valence-corrected chi connectivity index (χ4v) is 3.95. The number of aryl methyl sites for hydroxylation is 1. The van der Waals surface area contributed by atoms with Crippen molar-refractivity contribution in [3.63, 3.8) is 0 Å². The summed E-state index contributed by atoms with van der Waals surface area (Å²) in [5.41, 5.74) is 4.75.